The molecule has 144 valence electrons. The molecule has 0 saturated heterocycles. The van der Waals surface area contributed by atoms with Crippen LogP contribution in [0.5, 0.6) is 11.5 Å². The second kappa shape index (κ2) is 6.44. The second-order valence-corrected chi connectivity index (χ2v) is 8.48. The van der Waals surface area contributed by atoms with Gasteiger partial charge in [0.1, 0.15) is 10.7 Å². The van der Waals surface area contributed by atoms with E-state index in [1.54, 1.807) is 0 Å². The Hall–Kier alpha value is -2.67. The van der Waals surface area contributed by atoms with E-state index in [4.69, 9.17) is 14.5 Å². The minimum absolute atomic E-state index is 0.0851. The summed E-state index contributed by atoms with van der Waals surface area (Å²) in [7, 11) is 0. The maximum Gasteiger partial charge on any atom is 0.262 e. The van der Waals surface area contributed by atoms with Gasteiger partial charge in [0.15, 0.2) is 11.5 Å². The van der Waals surface area contributed by atoms with Crippen LogP contribution in [0.2, 0.25) is 0 Å². The monoisotopic (exact) mass is 395 g/mol. The van der Waals surface area contributed by atoms with Gasteiger partial charge in [-0.25, -0.2) is 9.97 Å². The summed E-state index contributed by atoms with van der Waals surface area (Å²) in [5, 5.41) is 4.11. The van der Waals surface area contributed by atoms with Gasteiger partial charge < -0.3 is 14.8 Å². The Morgan fingerprint density at radius 2 is 2.00 bits per heavy atom. The highest BCUT2D eigenvalue weighted by molar-refractivity contribution is 7.20. The van der Waals surface area contributed by atoms with Crippen LogP contribution >= 0.6 is 11.3 Å². The second-order valence-electron chi connectivity index (χ2n) is 7.49. The van der Waals surface area contributed by atoms with Crippen molar-refractivity contribution in [2.24, 2.45) is 0 Å². The van der Waals surface area contributed by atoms with Crippen molar-refractivity contribution in [1.29, 1.82) is 0 Å². The maximum atomic E-state index is 13.0. The molecule has 0 bridgehead atoms. The molecule has 2 aromatic heterocycles. The lowest BCUT2D eigenvalue weighted by molar-refractivity contribution is 0.0943. The van der Waals surface area contributed by atoms with Gasteiger partial charge in [-0.05, 0) is 56.9 Å². The van der Waals surface area contributed by atoms with E-state index in [0.717, 1.165) is 57.2 Å². The Labute approximate surface area is 166 Å². The zero-order valence-corrected chi connectivity index (χ0v) is 16.9. The number of fused-ring (bicyclic) bond motifs is 2. The third kappa shape index (κ3) is 2.90. The zero-order valence-electron chi connectivity index (χ0n) is 16.0. The topological polar surface area (TPSA) is 73.3 Å². The third-order valence-electron chi connectivity index (χ3n) is 5.38. The highest BCUT2D eigenvalue weighted by Crippen LogP contribution is 2.40. The maximum absolute atomic E-state index is 13.0. The number of amides is 1. The van der Waals surface area contributed by atoms with E-state index in [1.807, 2.05) is 39.0 Å². The Balaban J connectivity index is 1.42. The molecule has 1 atom stereocenters. The highest BCUT2D eigenvalue weighted by atomic mass is 32.1. The van der Waals surface area contributed by atoms with Gasteiger partial charge in [0, 0.05) is 11.3 Å². The van der Waals surface area contributed by atoms with E-state index < -0.39 is 0 Å². The lowest BCUT2D eigenvalue weighted by Crippen LogP contribution is -2.26. The average Bonchev–Trinajstić information content (AvgIpc) is 3.32. The SMILES string of the molecule is Cc1nc(C2CC2)nc2sc(C(=O)NC(C)c3ccc4c(c3)OCO4)c(C)c12. The molecule has 1 saturated carbocycles. The van der Waals surface area contributed by atoms with E-state index in [1.165, 1.54) is 11.3 Å². The molecule has 5 rings (SSSR count). The number of carbonyl (C=O) groups excluding carboxylic acids is 1. The summed E-state index contributed by atoms with van der Waals surface area (Å²) in [4.78, 5) is 24.0. The minimum atomic E-state index is -0.152. The first kappa shape index (κ1) is 17.4. The Morgan fingerprint density at radius 3 is 2.79 bits per heavy atom. The molecule has 3 aromatic rings. The normalized spacial score (nSPS) is 16.4. The summed E-state index contributed by atoms with van der Waals surface area (Å²) in [5.41, 5.74) is 2.89. The minimum Gasteiger partial charge on any atom is -0.454 e. The van der Waals surface area contributed by atoms with Gasteiger partial charge in [-0.1, -0.05) is 6.07 Å². The standard InChI is InChI=1S/C21H21N3O3S/c1-10-17-12(3)22-19(13-4-5-13)24-21(17)28-18(10)20(25)23-11(2)14-6-7-15-16(8-14)27-9-26-15/h6-8,11,13H,4-5,9H2,1-3H3,(H,23,25). The largest absolute Gasteiger partial charge is 0.454 e. The molecule has 1 aliphatic heterocycles. The van der Waals surface area contributed by atoms with Crippen molar-refractivity contribution >= 4 is 27.5 Å². The average molecular weight is 395 g/mol. The van der Waals surface area contributed by atoms with Gasteiger partial charge in [0.05, 0.1) is 16.6 Å². The van der Waals surface area contributed by atoms with E-state index >= 15 is 0 Å². The number of aromatic nitrogens is 2. The summed E-state index contributed by atoms with van der Waals surface area (Å²) in [5.74, 6) is 2.79. The number of carbonyl (C=O) groups is 1. The van der Waals surface area contributed by atoms with E-state index in [0.29, 0.717) is 10.8 Å². The van der Waals surface area contributed by atoms with E-state index in [9.17, 15) is 4.79 Å². The van der Waals surface area contributed by atoms with Crippen LogP contribution in [0, 0.1) is 13.8 Å². The number of nitrogens with zero attached hydrogens (tertiary/aromatic N) is 2. The van der Waals surface area contributed by atoms with Crippen LogP contribution in [0.3, 0.4) is 0 Å². The first-order valence-electron chi connectivity index (χ1n) is 9.49. The van der Waals surface area contributed by atoms with Crippen molar-refractivity contribution in [3.63, 3.8) is 0 Å². The van der Waals surface area contributed by atoms with Crippen LogP contribution in [0.15, 0.2) is 18.2 Å². The van der Waals surface area contributed by atoms with E-state index in [-0.39, 0.29) is 18.7 Å². The van der Waals surface area contributed by atoms with Crippen LogP contribution < -0.4 is 14.8 Å². The zero-order chi connectivity index (χ0) is 19.4. The summed E-state index contributed by atoms with van der Waals surface area (Å²) >= 11 is 1.45. The molecule has 1 fully saturated rings. The number of benzene rings is 1. The van der Waals surface area contributed by atoms with E-state index in [2.05, 4.69) is 10.3 Å². The fourth-order valence-corrected chi connectivity index (χ4v) is 4.77. The van der Waals surface area contributed by atoms with Crippen LogP contribution in [0.1, 0.15) is 64.0 Å². The summed E-state index contributed by atoms with van der Waals surface area (Å²) in [6.07, 6.45) is 2.32. The smallest absolute Gasteiger partial charge is 0.262 e. The number of thiophene rings is 1. The lowest BCUT2D eigenvalue weighted by atomic mass is 10.1. The number of aryl methyl sites for hydroxylation is 2. The quantitative estimate of drug-likeness (QED) is 0.709. The molecule has 1 aliphatic carbocycles. The third-order valence-corrected chi connectivity index (χ3v) is 6.57. The molecule has 2 aliphatic rings. The molecular weight excluding hydrogens is 374 g/mol. The first-order chi connectivity index (χ1) is 13.5. The number of hydrogen-bond donors (Lipinski definition) is 1. The molecule has 6 nitrogen and oxygen atoms in total. The first-order valence-corrected chi connectivity index (χ1v) is 10.3. The van der Waals surface area contributed by atoms with Crippen LogP contribution in [-0.2, 0) is 0 Å². The number of nitrogens with one attached hydrogen (secondary N) is 1. The lowest BCUT2D eigenvalue weighted by Gasteiger charge is -2.14. The van der Waals surface area contributed by atoms with Gasteiger partial charge >= 0.3 is 0 Å². The summed E-state index contributed by atoms with van der Waals surface area (Å²) in [6, 6.07) is 5.60. The summed E-state index contributed by atoms with van der Waals surface area (Å²) < 4.78 is 10.8. The molecule has 3 heterocycles. The van der Waals surface area contributed by atoms with Crippen molar-refractivity contribution in [3.8, 4) is 11.5 Å². The predicted octanol–water partition coefficient (Wildman–Crippen LogP) is 4.41. The van der Waals surface area contributed by atoms with Gasteiger partial charge in [0.25, 0.3) is 5.91 Å². The van der Waals surface area contributed by atoms with Crippen molar-refractivity contribution < 1.29 is 14.3 Å². The Kier molecular flexibility index (Phi) is 4.01. The molecule has 1 amide bonds. The molecule has 0 spiro atoms. The van der Waals surface area contributed by atoms with Crippen molar-refractivity contribution in [1.82, 2.24) is 15.3 Å². The van der Waals surface area contributed by atoms with Gasteiger partial charge in [-0.15, -0.1) is 11.3 Å². The Bertz CT molecular complexity index is 1100. The van der Waals surface area contributed by atoms with Gasteiger partial charge in [0.2, 0.25) is 6.79 Å². The number of rotatable bonds is 4. The highest BCUT2D eigenvalue weighted by Gasteiger charge is 2.29. The van der Waals surface area contributed by atoms with Crippen molar-refractivity contribution in [2.45, 2.75) is 45.6 Å². The fourth-order valence-electron chi connectivity index (χ4n) is 3.63. The Morgan fingerprint density at radius 1 is 1.21 bits per heavy atom. The molecule has 1 unspecified atom stereocenters. The number of hydrogen-bond acceptors (Lipinski definition) is 6. The van der Waals surface area contributed by atoms with Gasteiger partial charge in [-0.3, -0.25) is 4.79 Å². The molecule has 1 aromatic carbocycles. The number of ether oxygens (including phenoxy) is 2. The molecule has 0 radical (unpaired) electrons. The van der Waals surface area contributed by atoms with Crippen LogP contribution in [0.25, 0.3) is 10.2 Å². The molecule has 7 heteroatoms. The van der Waals surface area contributed by atoms with Crippen molar-refractivity contribution in [3.05, 3.63) is 45.7 Å². The fraction of sp³-hybridized carbons (Fsp3) is 0.381. The predicted molar refractivity (Wildman–Crippen MR) is 107 cm³/mol. The van der Waals surface area contributed by atoms with Crippen LogP contribution in [0.4, 0.5) is 0 Å². The van der Waals surface area contributed by atoms with Crippen LogP contribution in [-0.4, -0.2) is 22.7 Å². The molecular formula is C21H21N3O3S. The molecule has 1 N–H and O–H groups in total. The van der Waals surface area contributed by atoms with Crippen molar-refractivity contribution in [2.75, 3.05) is 6.79 Å². The molecule has 28 heavy (non-hydrogen) atoms. The van der Waals surface area contributed by atoms with Gasteiger partial charge in [-0.2, -0.15) is 0 Å². The summed E-state index contributed by atoms with van der Waals surface area (Å²) in [6.45, 7) is 6.19.